The molecule has 0 spiro atoms. The number of hydrogen-bond acceptors (Lipinski definition) is 9. The molecule has 1 N–H and O–H groups in total. The normalized spacial score (nSPS) is 11.2. The van der Waals surface area contributed by atoms with E-state index in [4.69, 9.17) is 25.8 Å². The fourth-order valence-electron chi connectivity index (χ4n) is 4.02. The smallest absolute Gasteiger partial charge is 0.418 e. The predicted molar refractivity (Wildman–Crippen MR) is 152 cm³/mol. The summed E-state index contributed by atoms with van der Waals surface area (Å²) in [6.45, 7) is 2.59. The number of benzene rings is 2. The maximum absolute atomic E-state index is 15.4. The average Bonchev–Trinajstić information content (AvgIpc) is 2.94. The zero-order chi connectivity index (χ0) is 28.8. The molecule has 4 rings (SSSR count). The van der Waals surface area contributed by atoms with Crippen molar-refractivity contribution < 1.29 is 23.4 Å². The quantitative estimate of drug-likeness (QED) is 0.280. The molecule has 2 aromatic carbocycles. The molecule has 1 amide bonds. The first kappa shape index (κ1) is 28.9. The highest BCUT2D eigenvalue weighted by Gasteiger charge is 2.24. The van der Waals surface area contributed by atoms with Gasteiger partial charge in [0.05, 0.1) is 19.2 Å². The lowest BCUT2D eigenvalue weighted by Gasteiger charge is -2.19. The molecule has 0 aliphatic heterocycles. The molecule has 0 saturated heterocycles. The van der Waals surface area contributed by atoms with Crippen LogP contribution in [0.1, 0.15) is 5.56 Å². The van der Waals surface area contributed by atoms with Gasteiger partial charge in [-0.3, -0.25) is 10.3 Å². The Morgan fingerprint density at radius 1 is 0.950 bits per heavy atom. The number of aromatic nitrogens is 3. The molecule has 0 bridgehead atoms. The number of halogens is 2. The van der Waals surface area contributed by atoms with Crippen LogP contribution >= 0.6 is 11.6 Å². The Kier molecular flexibility index (Phi) is 9.30. The highest BCUT2D eigenvalue weighted by Crippen LogP contribution is 2.44. The lowest BCUT2D eigenvalue weighted by atomic mass is 10.0. The van der Waals surface area contributed by atoms with Gasteiger partial charge in [0.2, 0.25) is 0 Å². The van der Waals surface area contributed by atoms with Crippen LogP contribution in [0.25, 0.3) is 22.2 Å². The van der Waals surface area contributed by atoms with Gasteiger partial charge in [0.1, 0.15) is 22.6 Å². The number of rotatable bonds is 10. The van der Waals surface area contributed by atoms with Gasteiger partial charge in [-0.15, -0.1) is 0 Å². The number of methoxy groups -OCH3 is 2. The van der Waals surface area contributed by atoms with Crippen molar-refractivity contribution in [2.24, 2.45) is 0 Å². The number of likely N-dealkylation sites (N-methyl/N-ethyl adjacent to an activating group) is 2. The standard InChI is InChI=1S/C28H30ClFN6O4/c1-35(2)12-13-36(3)16-17-6-9-22(33-15-17)34-28(37)40-19-8-7-18(26-27(19)32-11-10-31-26)23-24(29)20(38-4)14-21(39-5)25(23)30/h6-11,14-15H,12-13,16H2,1-5H3,(H,33,34,37). The van der Waals surface area contributed by atoms with Gasteiger partial charge < -0.3 is 24.0 Å². The van der Waals surface area contributed by atoms with E-state index in [0.29, 0.717) is 11.4 Å². The van der Waals surface area contributed by atoms with Gasteiger partial charge in [-0.1, -0.05) is 17.7 Å². The third-order valence-electron chi connectivity index (χ3n) is 6.07. The lowest BCUT2D eigenvalue weighted by molar-refractivity contribution is 0.215. The molecule has 0 radical (unpaired) electrons. The number of nitrogens with zero attached hydrogens (tertiary/aromatic N) is 5. The van der Waals surface area contributed by atoms with E-state index < -0.39 is 11.9 Å². The summed E-state index contributed by atoms with van der Waals surface area (Å²) in [5.74, 6) is -0.0638. The molecule has 210 valence electrons. The number of ether oxygens (including phenoxy) is 3. The predicted octanol–water partition coefficient (Wildman–Crippen LogP) is 5.11. The van der Waals surface area contributed by atoms with Crippen LogP contribution in [0.2, 0.25) is 5.02 Å². The highest BCUT2D eigenvalue weighted by molar-refractivity contribution is 6.35. The molecule has 10 nitrogen and oxygen atoms in total. The summed E-state index contributed by atoms with van der Waals surface area (Å²) in [6, 6.07) is 8.00. The Morgan fingerprint density at radius 2 is 1.68 bits per heavy atom. The molecule has 40 heavy (non-hydrogen) atoms. The maximum Gasteiger partial charge on any atom is 0.418 e. The minimum Gasteiger partial charge on any atom is -0.495 e. The summed E-state index contributed by atoms with van der Waals surface area (Å²) in [4.78, 5) is 30.0. The van der Waals surface area contributed by atoms with Crippen molar-refractivity contribution in [3.8, 4) is 28.4 Å². The minimum atomic E-state index is -0.768. The van der Waals surface area contributed by atoms with Crippen LogP contribution in [0.5, 0.6) is 17.2 Å². The van der Waals surface area contributed by atoms with E-state index in [-0.39, 0.29) is 38.9 Å². The number of nitrogens with one attached hydrogen (secondary N) is 1. The van der Waals surface area contributed by atoms with Crippen LogP contribution in [0, 0.1) is 5.82 Å². The Bertz CT molecular complexity index is 1470. The van der Waals surface area contributed by atoms with Gasteiger partial charge in [0, 0.05) is 55.4 Å². The number of carbonyl (C=O) groups is 1. The van der Waals surface area contributed by atoms with Crippen molar-refractivity contribution in [3.05, 3.63) is 65.3 Å². The van der Waals surface area contributed by atoms with E-state index in [2.05, 4.69) is 30.1 Å². The summed E-state index contributed by atoms with van der Waals surface area (Å²) in [7, 11) is 8.87. The summed E-state index contributed by atoms with van der Waals surface area (Å²) in [6.07, 6.45) is 3.83. The molecule has 0 fully saturated rings. The summed E-state index contributed by atoms with van der Waals surface area (Å²) >= 11 is 6.48. The van der Waals surface area contributed by atoms with Crippen LogP contribution in [0.3, 0.4) is 0 Å². The van der Waals surface area contributed by atoms with Gasteiger partial charge in [0.25, 0.3) is 0 Å². The Balaban J connectivity index is 1.55. The van der Waals surface area contributed by atoms with E-state index in [0.717, 1.165) is 25.2 Å². The van der Waals surface area contributed by atoms with Crippen molar-refractivity contribution in [2.45, 2.75) is 6.54 Å². The fourth-order valence-corrected chi connectivity index (χ4v) is 4.34. The molecule has 0 aliphatic rings. The molecular formula is C28H30ClFN6O4. The molecule has 0 aliphatic carbocycles. The van der Waals surface area contributed by atoms with Crippen LogP contribution in [-0.2, 0) is 6.54 Å². The van der Waals surface area contributed by atoms with Crippen LogP contribution < -0.4 is 19.5 Å². The SMILES string of the molecule is COc1cc(OC)c(Cl)c(-c2ccc(OC(=O)Nc3ccc(CN(C)CCN(C)C)cn3)c3nccnc23)c1F. The van der Waals surface area contributed by atoms with Crippen LogP contribution in [0.4, 0.5) is 15.0 Å². The second kappa shape index (κ2) is 12.9. The zero-order valence-electron chi connectivity index (χ0n) is 22.9. The maximum atomic E-state index is 15.4. The van der Waals surface area contributed by atoms with Crippen molar-refractivity contribution >= 4 is 34.5 Å². The van der Waals surface area contributed by atoms with E-state index in [9.17, 15) is 4.79 Å². The van der Waals surface area contributed by atoms with Crippen LogP contribution in [0.15, 0.2) is 48.9 Å². The first-order valence-corrected chi connectivity index (χ1v) is 12.7. The van der Waals surface area contributed by atoms with Gasteiger partial charge in [-0.25, -0.2) is 19.2 Å². The Morgan fingerprint density at radius 3 is 2.33 bits per heavy atom. The molecule has 0 unspecified atom stereocenters. The number of hydrogen-bond donors (Lipinski definition) is 1. The lowest BCUT2D eigenvalue weighted by Crippen LogP contribution is -2.28. The van der Waals surface area contributed by atoms with Crippen molar-refractivity contribution in [3.63, 3.8) is 0 Å². The van der Waals surface area contributed by atoms with Crippen molar-refractivity contribution in [2.75, 3.05) is 53.8 Å². The molecular weight excluding hydrogens is 539 g/mol. The second-order valence-corrected chi connectivity index (χ2v) is 9.63. The molecule has 0 atom stereocenters. The van der Waals surface area contributed by atoms with Gasteiger partial charge in [-0.2, -0.15) is 0 Å². The van der Waals surface area contributed by atoms with E-state index in [1.54, 1.807) is 18.3 Å². The summed E-state index contributed by atoms with van der Waals surface area (Å²) in [5.41, 5.74) is 1.86. The summed E-state index contributed by atoms with van der Waals surface area (Å²) < 4.78 is 31.4. The monoisotopic (exact) mass is 568 g/mol. The third-order valence-corrected chi connectivity index (χ3v) is 6.45. The van der Waals surface area contributed by atoms with Gasteiger partial charge in [0.15, 0.2) is 17.3 Å². The molecule has 2 heterocycles. The van der Waals surface area contributed by atoms with Gasteiger partial charge in [-0.05, 0) is 44.9 Å². The van der Waals surface area contributed by atoms with Gasteiger partial charge >= 0.3 is 6.09 Å². The first-order chi connectivity index (χ1) is 19.2. The topological polar surface area (TPSA) is 102 Å². The van der Waals surface area contributed by atoms with Crippen LogP contribution in [-0.4, -0.2) is 79.3 Å². The summed E-state index contributed by atoms with van der Waals surface area (Å²) in [5, 5.41) is 2.65. The fraction of sp³-hybridized carbons (Fsp3) is 0.286. The third kappa shape index (κ3) is 6.56. The zero-order valence-corrected chi connectivity index (χ0v) is 23.6. The molecule has 2 aromatic heterocycles. The van der Waals surface area contributed by atoms with E-state index in [1.807, 2.05) is 27.2 Å². The number of anilines is 1. The number of carbonyl (C=O) groups excluding carboxylic acids is 1. The Hall–Kier alpha value is -4.06. The Labute approximate surface area is 236 Å². The molecule has 4 aromatic rings. The number of pyridine rings is 1. The van der Waals surface area contributed by atoms with Crippen molar-refractivity contribution in [1.29, 1.82) is 0 Å². The van der Waals surface area contributed by atoms with E-state index in [1.165, 1.54) is 38.7 Å². The van der Waals surface area contributed by atoms with Crippen molar-refractivity contribution in [1.82, 2.24) is 24.8 Å². The largest absolute Gasteiger partial charge is 0.495 e. The highest BCUT2D eigenvalue weighted by atomic mass is 35.5. The number of amides is 1. The first-order valence-electron chi connectivity index (χ1n) is 12.3. The average molecular weight is 569 g/mol. The molecule has 0 saturated carbocycles. The molecule has 12 heteroatoms. The second-order valence-electron chi connectivity index (χ2n) is 9.26. The number of fused-ring (bicyclic) bond motifs is 1. The minimum absolute atomic E-state index is 0.0241. The van der Waals surface area contributed by atoms with E-state index >= 15 is 4.39 Å².